The van der Waals surface area contributed by atoms with E-state index >= 15 is 0 Å². The third-order valence-corrected chi connectivity index (χ3v) is 6.51. The summed E-state index contributed by atoms with van der Waals surface area (Å²) in [5.74, 6) is 0.996. The lowest BCUT2D eigenvalue weighted by Gasteiger charge is -2.41. The minimum Gasteiger partial charge on any atom is -0.381 e. The molecule has 1 aromatic carbocycles. The molecule has 4 rings (SSSR count). The number of halogens is 1. The first-order valence-corrected chi connectivity index (χ1v) is 10.9. The predicted molar refractivity (Wildman–Crippen MR) is 133 cm³/mol. The van der Waals surface area contributed by atoms with Gasteiger partial charge in [0.2, 0.25) is 0 Å². The van der Waals surface area contributed by atoms with Crippen molar-refractivity contribution in [3.63, 3.8) is 0 Å². The van der Waals surface area contributed by atoms with Gasteiger partial charge in [0.15, 0.2) is 5.96 Å². The molecule has 2 fully saturated rings. The molecule has 0 atom stereocenters. The summed E-state index contributed by atoms with van der Waals surface area (Å²) < 4.78 is 10.7. The maximum absolute atomic E-state index is 5.70. The van der Waals surface area contributed by atoms with Gasteiger partial charge in [0, 0.05) is 71.0 Å². The average molecular weight is 539 g/mol. The van der Waals surface area contributed by atoms with Crippen LogP contribution >= 0.6 is 24.0 Å². The van der Waals surface area contributed by atoms with Crippen molar-refractivity contribution in [2.45, 2.75) is 31.7 Å². The van der Waals surface area contributed by atoms with Crippen LogP contribution in [0.2, 0.25) is 0 Å². The molecule has 0 aliphatic carbocycles. The highest BCUT2D eigenvalue weighted by atomic mass is 127. The normalized spacial score (nSPS) is 19.7. The summed E-state index contributed by atoms with van der Waals surface area (Å²) in [5, 5.41) is 7.74. The Hall–Kier alpha value is -1.65. The highest BCUT2D eigenvalue weighted by molar-refractivity contribution is 14.0. The van der Waals surface area contributed by atoms with E-state index in [1.165, 1.54) is 11.1 Å². The number of nitrogens with one attached hydrogen (secondary N) is 1. The van der Waals surface area contributed by atoms with Gasteiger partial charge in [-0.15, -0.1) is 24.0 Å². The second-order valence-corrected chi connectivity index (χ2v) is 8.36. The van der Waals surface area contributed by atoms with Gasteiger partial charge in [-0.3, -0.25) is 9.89 Å². The van der Waals surface area contributed by atoms with Crippen LogP contribution in [0.25, 0.3) is 0 Å². The van der Waals surface area contributed by atoms with Gasteiger partial charge >= 0.3 is 0 Å². The quantitative estimate of drug-likeness (QED) is 0.358. The van der Waals surface area contributed by atoms with E-state index in [4.69, 9.17) is 9.26 Å². The Balaban J connectivity index is 0.00000272. The van der Waals surface area contributed by atoms with Gasteiger partial charge < -0.3 is 19.5 Å². The van der Waals surface area contributed by atoms with E-state index in [0.29, 0.717) is 0 Å². The highest BCUT2D eigenvalue weighted by Gasteiger charge is 2.36. The summed E-state index contributed by atoms with van der Waals surface area (Å²) >= 11 is 0. The minimum absolute atomic E-state index is 0. The number of benzene rings is 1. The maximum Gasteiger partial charge on any atom is 0.193 e. The van der Waals surface area contributed by atoms with Crippen LogP contribution in [0, 0.1) is 6.92 Å². The summed E-state index contributed by atoms with van der Waals surface area (Å²) in [6.07, 6.45) is 3.71. The lowest BCUT2D eigenvalue weighted by atomic mass is 9.72. The molecule has 0 bridgehead atoms. The zero-order valence-electron chi connectivity index (χ0n) is 18.5. The number of aryl methyl sites for hydroxylation is 1. The van der Waals surface area contributed by atoms with Crippen LogP contribution in [0.5, 0.6) is 0 Å². The maximum atomic E-state index is 5.70. The van der Waals surface area contributed by atoms with E-state index < -0.39 is 0 Å². The van der Waals surface area contributed by atoms with Crippen molar-refractivity contribution >= 4 is 29.9 Å². The van der Waals surface area contributed by atoms with Crippen LogP contribution in [-0.4, -0.2) is 73.9 Å². The fraction of sp³-hybridized carbons (Fsp3) is 0.565. The van der Waals surface area contributed by atoms with Crippen molar-refractivity contribution in [2.24, 2.45) is 4.99 Å². The molecule has 2 saturated heterocycles. The van der Waals surface area contributed by atoms with E-state index in [9.17, 15) is 0 Å². The number of aliphatic imine (C=N–C) groups is 1. The van der Waals surface area contributed by atoms with Gasteiger partial charge in [-0.2, -0.15) is 0 Å². The third-order valence-electron chi connectivity index (χ3n) is 6.51. The van der Waals surface area contributed by atoms with Crippen molar-refractivity contribution in [1.82, 2.24) is 20.3 Å². The molecule has 8 heteroatoms. The second-order valence-electron chi connectivity index (χ2n) is 8.36. The number of hydrogen-bond acceptors (Lipinski definition) is 5. The standard InChI is InChI=1S/C23H33N5O2.HI/c1-19-5-3-4-6-21(19)23(8-15-29-16-9-23)18-25-22(24-2)28-12-10-27(11-13-28)17-20-7-14-30-26-20;/h3-7,14H,8-13,15-18H2,1-2H3,(H,24,25);1H. The Morgan fingerprint density at radius 1 is 1.13 bits per heavy atom. The highest BCUT2D eigenvalue weighted by Crippen LogP contribution is 2.36. The molecule has 0 saturated carbocycles. The van der Waals surface area contributed by atoms with Crippen molar-refractivity contribution in [3.8, 4) is 0 Å². The number of rotatable bonds is 5. The predicted octanol–water partition coefficient (Wildman–Crippen LogP) is 3.04. The number of piperazine rings is 1. The van der Waals surface area contributed by atoms with Gasteiger partial charge in [-0.1, -0.05) is 29.4 Å². The van der Waals surface area contributed by atoms with Gasteiger partial charge in [-0.25, -0.2) is 0 Å². The fourth-order valence-electron chi connectivity index (χ4n) is 4.72. The lowest BCUT2D eigenvalue weighted by molar-refractivity contribution is 0.0508. The zero-order valence-corrected chi connectivity index (χ0v) is 20.9. The Labute approximate surface area is 202 Å². The average Bonchev–Trinajstić information content (AvgIpc) is 3.29. The molecular formula is C23H34IN5O2. The molecule has 0 spiro atoms. The Bertz CT molecular complexity index is 828. The van der Waals surface area contributed by atoms with E-state index in [-0.39, 0.29) is 29.4 Å². The lowest BCUT2D eigenvalue weighted by Crippen LogP contribution is -2.54. The monoisotopic (exact) mass is 539 g/mol. The Morgan fingerprint density at radius 3 is 2.52 bits per heavy atom. The second kappa shape index (κ2) is 11.3. The minimum atomic E-state index is 0. The SMILES string of the molecule is CN=C(NCC1(c2ccccc2C)CCOCC1)N1CCN(Cc2ccon2)CC1.I. The molecule has 3 heterocycles. The van der Waals surface area contributed by atoms with Crippen molar-refractivity contribution in [2.75, 3.05) is 53.0 Å². The molecule has 170 valence electrons. The first-order valence-electron chi connectivity index (χ1n) is 10.9. The first-order chi connectivity index (χ1) is 14.7. The third kappa shape index (κ3) is 5.78. The number of aromatic nitrogens is 1. The molecule has 2 aromatic rings. The molecule has 2 aliphatic heterocycles. The summed E-state index contributed by atoms with van der Waals surface area (Å²) in [6, 6.07) is 10.7. The Morgan fingerprint density at radius 2 is 1.87 bits per heavy atom. The summed E-state index contributed by atoms with van der Waals surface area (Å²) in [5.41, 5.74) is 3.88. The van der Waals surface area contributed by atoms with Crippen LogP contribution in [-0.2, 0) is 16.7 Å². The Kier molecular flexibility index (Phi) is 8.74. The summed E-state index contributed by atoms with van der Waals surface area (Å²) in [7, 11) is 1.88. The number of guanidine groups is 1. The molecule has 1 aromatic heterocycles. The number of ether oxygens (including phenoxy) is 1. The molecule has 0 radical (unpaired) electrons. The molecule has 2 aliphatic rings. The number of hydrogen-bond donors (Lipinski definition) is 1. The van der Waals surface area contributed by atoms with Gasteiger partial charge in [0.05, 0.1) is 5.69 Å². The van der Waals surface area contributed by atoms with Gasteiger partial charge in [0.25, 0.3) is 0 Å². The molecule has 0 unspecified atom stereocenters. The van der Waals surface area contributed by atoms with Crippen LogP contribution < -0.4 is 5.32 Å². The van der Waals surface area contributed by atoms with E-state index in [1.807, 2.05) is 13.1 Å². The van der Waals surface area contributed by atoms with Crippen LogP contribution in [0.3, 0.4) is 0 Å². The van der Waals surface area contributed by atoms with E-state index in [2.05, 4.69) is 56.5 Å². The van der Waals surface area contributed by atoms with Crippen LogP contribution in [0.4, 0.5) is 0 Å². The summed E-state index contributed by atoms with van der Waals surface area (Å²) in [6.45, 7) is 9.46. The van der Waals surface area contributed by atoms with E-state index in [0.717, 1.165) is 77.0 Å². The molecule has 31 heavy (non-hydrogen) atoms. The molecular weight excluding hydrogens is 505 g/mol. The molecule has 1 N–H and O–H groups in total. The number of nitrogens with zero attached hydrogens (tertiary/aromatic N) is 4. The zero-order chi connectivity index (χ0) is 20.8. The van der Waals surface area contributed by atoms with Crippen LogP contribution in [0.15, 0.2) is 46.1 Å². The van der Waals surface area contributed by atoms with Gasteiger partial charge in [-0.05, 0) is 30.9 Å². The van der Waals surface area contributed by atoms with Crippen LogP contribution in [0.1, 0.15) is 29.7 Å². The topological polar surface area (TPSA) is 66.1 Å². The fourth-order valence-corrected chi connectivity index (χ4v) is 4.72. The smallest absolute Gasteiger partial charge is 0.193 e. The van der Waals surface area contributed by atoms with Crippen molar-refractivity contribution < 1.29 is 9.26 Å². The molecule has 0 amide bonds. The van der Waals surface area contributed by atoms with Crippen molar-refractivity contribution in [1.29, 1.82) is 0 Å². The van der Waals surface area contributed by atoms with Gasteiger partial charge in [0.1, 0.15) is 6.26 Å². The van der Waals surface area contributed by atoms with Crippen molar-refractivity contribution in [3.05, 3.63) is 53.4 Å². The first kappa shape index (κ1) is 24.0. The largest absolute Gasteiger partial charge is 0.381 e. The summed E-state index contributed by atoms with van der Waals surface area (Å²) in [4.78, 5) is 9.38. The van der Waals surface area contributed by atoms with E-state index in [1.54, 1.807) is 6.26 Å². The molecule has 7 nitrogen and oxygen atoms in total.